The maximum Gasteiger partial charge on any atom is 0.326 e. The molecule has 1 aliphatic rings. The Morgan fingerprint density at radius 1 is 0.662 bits per heavy atom. The summed E-state index contributed by atoms with van der Waals surface area (Å²) in [6.07, 6.45) is 11.9. The van der Waals surface area contributed by atoms with Crippen LogP contribution in [-0.4, -0.2) is 115 Å². The van der Waals surface area contributed by atoms with Gasteiger partial charge in [0.1, 0.15) is 18.1 Å². The number of rotatable bonds is 32. The third-order valence-electron chi connectivity index (χ3n) is 12.1. The van der Waals surface area contributed by atoms with Gasteiger partial charge in [-0.1, -0.05) is 73.9 Å². The second kappa shape index (κ2) is 30.7. The molecule has 0 spiro atoms. The predicted molar refractivity (Wildman–Crippen MR) is 261 cm³/mol. The highest BCUT2D eigenvalue weighted by Crippen LogP contribution is 2.29. The number of carbonyl (C=O) groups is 8. The molecule has 10 N–H and O–H groups in total. The van der Waals surface area contributed by atoms with E-state index >= 15 is 0 Å². The lowest BCUT2D eigenvalue weighted by Gasteiger charge is -2.29. The number of fused-ring (bicyclic) bond motifs is 1. The van der Waals surface area contributed by atoms with Gasteiger partial charge < -0.3 is 52.4 Å². The van der Waals surface area contributed by atoms with Crippen molar-refractivity contribution in [3.8, 4) is 0 Å². The Bertz CT molecular complexity index is 2070. The van der Waals surface area contributed by atoms with Crippen LogP contribution in [0.15, 0.2) is 79.4 Å². The maximum absolute atomic E-state index is 13.7. The monoisotopic (exact) mass is 944 g/mol. The van der Waals surface area contributed by atoms with Crippen LogP contribution in [0.4, 0.5) is 4.79 Å². The van der Waals surface area contributed by atoms with Gasteiger partial charge >= 0.3 is 23.9 Å². The van der Waals surface area contributed by atoms with Crippen molar-refractivity contribution >= 4 is 66.3 Å². The fraction of sp³-hybridized carbons (Fsp3) is 0.510. The van der Waals surface area contributed by atoms with Crippen LogP contribution in [0, 0.1) is 11.8 Å². The van der Waals surface area contributed by atoms with Crippen molar-refractivity contribution < 1.29 is 53.7 Å². The molecule has 0 aromatic heterocycles. The zero-order valence-corrected chi connectivity index (χ0v) is 39.2. The van der Waals surface area contributed by atoms with Crippen molar-refractivity contribution in [2.75, 3.05) is 19.6 Å². The van der Waals surface area contributed by atoms with E-state index in [2.05, 4.69) is 50.3 Å². The lowest BCUT2D eigenvalue weighted by Crippen LogP contribution is -2.51. The predicted octanol–water partition coefficient (Wildman–Crippen LogP) is 3.41. The van der Waals surface area contributed by atoms with Gasteiger partial charge in [0.15, 0.2) is 7.98 Å². The normalized spacial score (nSPS) is 16.4. The summed E-state index contributed by atoms with van der Waals surface area (Å²) in [7, 11) is 1.75. The van der Waals surface area contributed by atoms with Crippen molar-refractivity contribution in [1.82, 2.24) is 37.1 Å². The summed E-state index contributed by atoms with van der Waals surface area (Å²) in [5.74, 6) is -4.93. The third-order valence-corrected chi connectivity index (χ3v) is 12.1. The van der Waals surface area contributed by atoms with Crippen LogP contribution in [0.3, 0.4) is 0 Å². The number of urea groups is 1. The Hall–Kier alpha value is -6.50. The van der Waals surface area contributed by atoms with Gasteiger partial charge in [-0.25, -0.2) is 14.4 Å². The molecule has 4 unspecified atom stereocenters. The van der Waals surface area contributed by atoms with Crippen LogP contribution < -0.4 is 37.1 Å². The number of nitrogens with one attached hydrogen (secondary N) is 7. The van der Waals surface area contributed by atoms with Crippen molar-refractivity contribution in [2.45, 2.75) is 127 Å². The highest BCUT2D eigenvalue weighted by atomic mass is 16.4. The minimum Gasteiger partial charge on any atom is -0.481 e. The lowest BCUT2D eigenvalue weighted by molar-refractivity contribution is -0.141. The van der Waals surface area contributed by atoms with Crippen molar-refractivity contribution in [1.29, 1.82) is 0 Å². The van der Waals surface area contributed by atoms with Gasteiger partial charge in [-0.2, -0.15) is 0 Å². The quantitative estimate of drug-likeness (QED) is 0.0287. The molecule has 2 aromatic rings. The summed E-state index contributed by atoms with van der Waals surface area (Å²) in [6, 6.07) is 8.41. The second-order valence-electron chi connectivity index (χ2n) is 17.3. The average molecular weight is 944 g/mol. The summed E-state index contributed by atoms with van der Waals surface area (Å²) in [4.78, 5) is 99.2. The fourth-order valence-corrected chi connectivity index (χ4v) is 8.10. The van der Waals surface area contributed by atoms with E-state index < -0.39 is 54.4 Å². The Morgan fingerprint density at radius 2 is 1.28 bits per heavy atom. The number of hydrogen-bond donors (Lipinski definition) is 10. The van der Waals surface area contributed by atoms with Crippen LogP contribution >= 0.6 is 0 Å². The number of carboxylic acids is 3. The van der Waals surface area contributed by atoms with Gasteiger partial charge in [0.2, 0.25) is 23.6 Å². The van der Waals surface area contributed by atoms with Gasteiger partial charge in [0, 0.05) is 44.8 Å². The van der Waals surface area contributed by atoms with E-state index in [0.717, 1.165) is 60.4 Å². The van der Waals surface area contributed by atoms with Gasteiger partial charge in [0.05, 0.1) is 6.04 Å². The van der Waals surface area contributed by atoms with Crippen LogP contribution in [0.1, 0.15) is 102 Å². The second-order valence-corrected chi connectivity index (χ2v) is 17.3. The number of amides is 6. The Labute approximate surface area is 399 Å². The number of benzene rings is 2. The summed E-state index contributed by atoms with van der Waals surface area (Å²) in [5.41, 5.74) is 1.89. The smallest absolute Gasteiger partial charge is 0.326 e. The van der Waals surface area contributed by atoms with E-state index in [1.54, 1.807) is 20.1 Å². The van der Waals surface area contributed by atoms with E-state index in [1.165, 1.54) is 0 Å². The number of aliphatic carboxylic acids is 3. The first kappa shape index (κ1) is 55.8. The van der Waals surface area contributed by atoms with E-state index in [0.29, 0.717) is 45.2 Å². The maximum atomic E-state index is 13.7. The molecule has 68 heavy (non-hydrogen) atoms. The molecular weight excluding hydrogens is 873 g/mol. The molecule has 0 bridgehead atoms. The van der Waals surface area contributed by atoms with Gasteiger partial charge in [-0.05, 0) is 111 Å². The van der Waals surface area contributed by atoms with Crippen molar-refractivity contribution in [3.63, 3.8) is 0 Å². The summed E-state index contributed by atoms with van der Waals surface area (Å²) in [6.45, 7) is 8.64. The summed E-state index contributed by atoms with van der Waals surface area (Å²) >= 11 is 0. The molecular formula is C49H70BN7O11. The SMILES string of the molecule is BNC(CCCCNC(=O)CCC/C(C=C)=C/C=C)C(=O)NCC1CCC(C(=O)NC(Cc2ccc3ccccc3c2)C(=O)NCCCCC(NC(=O)NC(CCC(=O)O)C(=O)O)C(=O)O)CC1. The third kappa shape index (κ3) is 21.0. The molecule has 1 aliphatic carbocycles. The molecule has 18 nitrogen and oxygen atoms in total. The molecule has 19 heteroatoms. The number of carboxylic acid groups (broad SMARTS) is 3. The molecule has 3 rings (SSSR count). The number of hydrogen-bond acceptors (Lipinski definition) is 9. The molecule has 1 fully saturated rings. The average Bonchev–Trinajstić information content (AvgIpc) is 3.31. The van der Waals surface area contributed by atoms with Crippen LogP contribution in [-0.2, 0) is 40.0 Å². The first-order chi connectivity index (χ1) is 32.6. The molecule has 0 saturated heterocycles. The molecule has 0 radical (unpaired) electrons. The fourth-order valence-electron chi connectivity index (χ4n) is 8.10. The molecule has 4 atom stereocenters. The largest absolute Gasteiger partial charge is 0.481 e. The number of carbonyl (C=O) groups excluding carboxylic acids is 5. The minimum atomic E-state index is -1.53. The van der Waals surface area contributed by atoms with Crippen LogP contribution in [0.5, 0.6) is 0 Å². The van der Waals surface area contributed by atoms with E-state index in [4.69, 9.17) is 5.11 Å². The number of unbranched alkanes of at least 4 members (excludes halogenated alkanes) is 2. The van der Waals surface area contributed by atoms with Crippen molar-refractivity contribution in [2.24, 2.45) is 11.8 Å². The minimum absolute atomic E-state index is 0.000527. The Balaban J connectivity index is 1.46. The summed E-state index contributed by atoms with van der Waals surface area (Å²) in [5, 5.41) is 49.1. The number of allylic oxidation sites excluding steroid dienone is 4. The molecule has 2 aromatic carbocycles. The van der Waals surface area contributed by atoms with Gasteiger partial charge in [0.25, 0.3) is 0 Å². The van der Waals surface area contributed by atoms with E-state index in [9.17, 15) is 48.6 Å². The topological polar surface area (TPSA) is 281 Å². The molecule has 1 saturated carbocycles. The van der Waals surface area contributed by atoms with Crippen molar-refractivity contribution in [3.05, 3.63) is 85.0 Å². The Kier molecular flexibility index (Phi) is 25.2. The highest BCUT2D eigenvalue weighted by molar-refractivity contribution is 6.06. The Morgan fingerprint density at radius 3 is 1.90 bits per heavy atom. The summed E-state index contributed by atoms with van der Waals surface area (Å²) < 4.78 is 0. The molecule has 0 aliphatic heterocycles. The standard InChI is InChI=1S/C49H70BN7O11/c1-3-12-32(4-2)13-11-18-42(58)51-27-9-7-16-38(57-50)45(62)53-31-33-19-23-36(24-20-33)44(61)54-41(30-34-21-22-35-14-5-6-15-37(35)29-34)46(63)52-28-10-8-17-39(47(64)65)55-49(68)56-40(48(66)67)25-26-43(59)60/h3-6,12,14-15,21-22,29,33,36,38-41,57H,1-2,7-11,13,16-20,23-28,30-31,50H2,(H,51,58)(H,52,63)(H,53,62)(H,54,61)(H,59,60)(H,64,65)(H,66,67)(H2,55,56,68)/b32-12+. The molecule has 370 valence electrons. The van der Waals surface area contributed by atoms with E-state index in [1.807, 2.05) is 48.5 Å². The molecule has 6 amide bonds. The zero-order chi connectivity index (χ0) is 49.8. The molecule has 0 heterocycles. The van der Waals surface area contributed by atoms with Crippen LogP contribution in [0.2, 0.25) is 0 Å². The zero-order valence-electron chi connectivity index (χ0n) is 39.2. The van der Waals surface area contributed by atoms with E-state index in [-0.39, 0.29) is 67.8 Å². The highest BCUT2D eigenvalue weighted by Gasteiger charge is 2.31. The van der Waals surface area contributed by atoms with Crippen LogP contribution in [0.25, 0.3) is 10.8 Å². The van der Waals surface area contributed by atoms with Gasteiger partial charge in [-0.3, -0.25) is 24.0 Å². The first-order valence-electron chi connectivity index (χ1n) is 23.6. The van der Waals surface area contributed by atoms with Gasteiger partial charge in [-0.15, -0.1) is 0 Å². The lowest BCUT2D eigenvalue weighted by atomic mass is 9.81. The first-order valence-corrected chi connectivity index (χ1v) is 23.6.